The Kier molecular flexibility index (Phi) is 2.15. The van der Waals surface area contributed by atoms with E-state index in [1.165, 1.54) is 5.56 Å². The Morgan fingerprint density at radius 3 is 3.00 bits per heavy atom. The number of H-pyrrole nitrogens is 2. The monoisotopic (exact) mass is 232 g/mol. The molecule has 0 radical (unpaired) electrons. The van der Waals surface area contributed by atoms with E-state index in [2.05, 4.69) is 20.2 Å². The zero-order valence-corrected chi connectivity index (χ0v) is 9.12. The fraction of sp³-hybridized carbons (Fsp3) is 0.0909. The zero-order valence-electron chi connectivity index (χ0n) is 8.37. The number of nitrogens with zero attached hydrogens (tertiary/aromatic N) is 2. The number of rotatable bonds is 2. The van der Waals surface area contributed by atoms with Crippen molar-refractivity contribution < 1.29 is 0 Å². The molecule has 3 heterocycles. The van der Waals surface area contributed by atoms with Crippen LogP contribution in [0.5, 0.6) is 0 Å². The molecule has 16 heavy (non-hydrogen) atoms. The van der Waals surface area contributed by atoms with Gasteiger partial charge in [-0.15, -0.1) is 0 Å². The first-order valence-electron chi connectivity index (χ1n) is 4.92. The van der Waals surface area contributed by atoms with E-state index in [4.69, 9.17) is 11.6 Å². The Balaban J connectivity index is 2.07. The highest BCUT2D eigenvalue weighted by Gasteiger charge is 2.06. The molecule has 0 aromatic carbocycles. The molecule has 5 heteroatoms. The minimum atomic E-state index is 0.653. The molecule has 0 saturated carbocycles. The molecule has 3 aromatic rings. The lowest BCUT2D eigenvalue weighted by Crippen LogP contribution is -1.84. The van der Waals surface area contributed by atoms with E-state index in [0.29, 0.717) is 5.02 Å². The molecule has 0 amide bonds. The van der Waals surface area contributed by atoms with Gasteiger partial charge >= 0.3 is 0 Å². The largest absolute Gasteiger partial charge is 0.346 e. The third kappa shape index (κ3) is 1.57. The lowest BCUT2D eigenvalue weighted by molar-refractivity contribution is 1.09. The molecule has 0 unspecified atom stereocenters. The number of hydrogen-bond donors (Lipinski definition) is 2. The average Bonchev–Trinajstić information content (AvgIpc) is 2.90. The summed E-state index contributed by atoms with van der Waals surface area (Å²) in [6.07, 6.45) is 8.12. The maximum atomic E-state index is 5.93. The van der Waals surface area contributed by atoms with Gasteiger partial charge in [-0.2, -0.15) is 5.10 Å². The molecule has 2 N–H and O–H groups in total. The summed E-state index contributed by atoms with van der Waals surface area (Å²) in [4.78, 5) is 7.35. The Morgan fingerprint density at radius 2 is 2.19 bits per heavy atom. The Hall–Kier alpha value is -1.81. The highest BCUT2D eigenvalue weighted by molar-refractivity contribution is 6.31. The normalized spacial score (nSPS) is 11.1. The smallest absolute Gasteiger partial charge is 0.137 e. The summed E-state index contributed by atoms with van der Waals surface area (Å²) in [5.41, 5.74) is 3.18. The molecule has 0 aliphatic carbocycles. The molecule has 3 aromatic heterocycles. The molecule has 80 valence electrons. The molecular formula is C11H9ClN4. The quantitative estimate of drug-likeness (QED) is 0.713. The van der Waals surface area contributed by atoms with Crippen LogP contribution in [0.2, 0.25) is 5.02 Å². The maximum Gasteiger partial charge on any atom is 0.137 e. The van der Waals surface area contributed by atoms with E-state index < -0.39 is 0 Å². The van der Waals surface area contributed by atoms with Crippen molar-refractivity contribution in [2.45, 2.75) is 6.42 Å². The predicted molar refractivity (Wildman–Crippen MR) is 62.5 cm³/mol. The number of pyridine rings is 1. The lowest BCUT2D eigenvalue weighted by atomic mass is 10.1. The number of nitrogens with one attached hydrogen (secondary N) is 2. The van der Waals surface area contributed by atoms with Crippen molar-refractivity contribution in [1.29, 1.82) is 0 Å². The van der Waals surface area contributed by atoms with Gasteiger partial charge in [-0.1, -0.05) is 11.6 Å². The SMILES string of the molecule is Clc1cnc2[nH]cc(Cc3cn[nH]c3)c2c1. The summed E-state index contributed by atoms with van der Waals surface area (Å²) in [7, 11) is 0. The summed E-state index contributed by atoms with van der Waals surface area (Å²) >= 11 is 5.93. The number of aromatic amines is 2. The standard InChI is InChI=1S/C11H9ClN4/c12-9-2-10-8(1-7-3-15-16-4-7)5-13-11(10)14-6-9/h2-6H,1H2,(H,13,14)(H,15,16). The average molecular weight is 233 g/mol. The van der Waals surface area contributed by atoms with Crippen molar-refractivity contribution >= 4 is 22.6 Å². The fourth-order valence-electron chi connectivity index (χ4n) is 1.77. The summed E-state index contributed by atoms with van der Waals surface area (Å²) in [6, 6.07) is 1.93. The second-order valence-corrected chi connectivity index (χ2v) is 4.08. The molecule has 0 aliphatic rings. The van der Waals surface area contributed by atoms with Crippen LogP contribution in [0.3, 0.4) is 0 Å². The summed E-state index contributed by atoms with van der Waals surface area (Å²) in [5.74, 6) is 0. The van der Waals surface area contributed by atoms with Crippen LogP contribution in [0.1, 0.15) is 11.1 Å². The molecule has 4 nitrogen and oxygen atoms in total. The van der Waals surface area contributed by atoms with Crippen molar-refractivity contribution in [3.8, 4) is 0 Å². The van der Waals surface area contributed by atoms with Gasteiger partial charge in [-0.05, 0) is 17.2 Å². The summed E-state index contributed by atoms with van der Waals surface area (Å²) in [6.45, 7) is 0. The number of halogens is 1. The molecular weight excluding hydrogens is 224 g/mol. The van der Waals surface area contributed by atoms with E-state index in [9.17, 15) is 0 Å². The number of hydrogen-bond acceptors (Lipinski definition) is 2. The van der Waals surface area contributed by atoms with Crippen LogP contribution >= 0.6 is 11.6 Å². The van der Waals surface area contributed by atoms with E-state index in [-0.39, 0.29) is 0 Å². The Labute approximate surface area is 96.7 Å². The van der Waals surface area contributed by atoms with E-state index in [0.717, 1.165) is 23.0 Å². The van der Waals surface area contributed by atoms with Crippen LogP contribution in [-0.2, 0) is 6.42 Å². The van der Waals surface area contributed by atoms with Crippen molar-refractivity contribution in [3.63, 3.8) is 0 Å². The summed E-state index contributed by atoms with van der Waals surface area (Å²) < 4.78 is 0. The van der Waals surface area contributed by atoms with Crippen LogP contribution in [0.15, 0.2) is 30.9 Å². The molecule has 0 bridgehead atoms. The van der Waals surface area contributed by atoms with Gasteiger partial charge in [-0.25, -0.2) is 4.98 Å². The Bertz CT molecular complexity index is 612. The van der Waals surface area contributed by atoms with Crippen molar-refractivity contribution in [1.82, 2.24) is 20.2 Å². The minimum Gasteiger partial charge on any atom is -0.346 e. The minimum absolute atomic E-state index is 0.653. The van der Waals surface area contributed by atoms with E-state index in [1.54, 1.807) is 6.20 Å². The highest BCUT2D eigenvalue weighted by Crippen LogP contribution is 2.22. The van der Waals surface area contributed by atoms with Crippen molar-refractivity contribution in [2.75, 3.05) is 0 Å². The zero-order chi connectivity index (χ0) is 11.0. The summed E-state index contributed by atoms with van der Waals surface area (Å²) in [5, 5.41) is 8.44. The van der Waals surface area contributed by atoms with Gasteiger partial charge in [0.05, 0.1) is 11.2 Å². The van der Waals surface area contributed by atoms with Gasteiger partial charge in [0.1, 0.15) is 5.65 Å². The fourth-order valence-corrected chi connectivity index (χ4v) is 1.93. The highest BCUT2D eigenvalue weighted by atomic mass is 35.5. The third-order valence-electron chi connectivity index (χ3n) is 2.53. The van der Waals surface area contributed by atoms with Gasteiger partial charge in [0, 0.05) is 30.4 Å². The number of aromatic nitrogens is 4. The molecule has 3 rings (SSSR count). The second-order valence-electron chi connectivity index (χ2n) is 3.65. The van der Waals surface area contributed by atoms with Crippen molar-refractivity contribution in [3.05, 3.63) is 47.0 Å². The van der Waals surface area contributed by atoms with Crippen LogP contribution in [-0.4, -0.2) is 20.2 Å². The van der Waals surface area contributed by atoms with Gasteiger partial charge in [0.15, 0.2) is 0 Å². The molecule has 0 fully saturated rings. The first kappa shape index (κ1) is 9.42. The van der Waals surface area contributed by atoms with E-state index >= 15 is 0 Å². The van der Waals surface area contributed by atoms with E-state index in [1.807, 2.05) is 24.7 Å². The second kappa shape index (κ2) is 3.64. The van der Waals surface area contributed by atoms with Gasteiger partial charge in [-0.3, -0.25) is 5.10 Å². The van der Waals surface area contributed by atoms with Gasteiger partial charge in [0.25, 0.3) is 0 Å². The van der Waals surface area contributed by atoms with Gasteiger partial charge in [0.2, 0.25) is 0 Å². The topological polar surface area (TPSA) is 57.4 Å². The Morgan fingerprint density at radius 1 is 1.25 bits per heavy atom. The molecule has 0 aliphatic heterocycles. The maximum absolute atomic E-state index is 5.93. The van der Waals surface area contributed by atoms with Gasteiger partial charge < -0.3 is 4.98 Å². The molecule has 0 spiro atoms. The first-order chi connectivity index (χ1) is 7.83. The van der Waals surface area contributed by atoms with Crippen LogP contribution < -0.4 is 0 Å². The van der Waals surface area contributed by atoms with Crippen LogP contribution in [0.4, 0.5) is 0 Å². The lowest BCUT2D eigenvalue weighted by Gasteiger charge is -1.96. The molecule has 0 atom stereocenters. The first-order valence-corrected chi connectivity index (χ1v) is 5.30. The third-order valence-corrected chi connectivity index (χ3v) is 2.74. The van der Waals surface area contributed by atoms with Crippen LogP contribution in [0.25, 0.3) is 11.0 Å². The van der Waals surface area contributed by atoms with Crippen LogP contribution in [0, 0.1) is 0 Å². The van der Waals surface area contributed by atoms with Crippen molar-refractivity contribution in [2.24, 2.45) is 0 Å². The molecule has 0 saturated heterocycles. The predicted octanol–water partition coefficient (Wildman–Crippen LogP) is 2.53. The number of fused-ring (bicyclic) bond motifs is 1.